The first-order valence-electron chi connectivity index (χ1n) is 9.55. The molecule has 0 aliphatic rings. The lowest BCUT2D eigenvalue weighted by Crippen LogP contribution is -2.37. The van der Waals surface area contributed by atoms with E-state index in [1.807, 2.05) is 24.8 Å². The van der Waals surface area contributed by atoms with E-state index in [-0.39, 0.29) is 5.91 Å². The SMILES string of the molecule is Cc1ccc(CSCCNC(=O)C(C)Oc2cc(C)ccc2C(C)C)cc1. The van der Waals surface area contributed by atoms with Crippen molar-refractivity contribution in [3.8, 4) is 5.75 Å². The summed E-state index contributed by atoms with van der Waals surface area (Å²) in [6, 6.07) is 14.8. The third-order valence-corrected chi connectivity index (χ3v) is 5.43. The van der Waals surface area contributed by atoms with Gasteiger partial charge in [-0.1, -0.05) is 55.8 Å². The van der Waals surface area contributed by atoms with E-state index in [2.05, 4.69) is 62.5 Å². The van der Waals surface area contributed by atoms with Crippen LogP contribution < -0.4 is 10.1 Å². The third-order valence-electron chi connectivity index (χ3n) is 4.40. The molecule has 0 saturated heterocycles. The molecule has 0 aliphatic carbocycles. The van der Waals surface area contributed by atoms with Gasteiger partial charge < -0.3 is 10.1 Å². The van der Waals surface area contributed by atoms with Crippen LogP contribution in [-0.4, -0.2) is 24.3 Å². The van der Waals surface area contributed by atoms with E-state index in [9.17, 15) is 4.79 Å². The number of carbonyl (C=O) groups excluding carboxylic acids is 1. The molecule has 0 saturated carbocycles. The van der Waals surface area contributed by atoms with Gasteiger partial charge in [0.1, 0.15) is 5.75 Å². The van der Waals surface area contributed by atoms with Crippen molar-refractivity contribution in [2.24, 2.45) is 0 Å². The second-order valence-electron chi connectivity index (χ2n) is 7.29. The van der Waals surface area contributed by atoms with Crippen LogP contribution in [-0.2, 0) is 10.5 Å². The molecule has 1 unspecified atom stereocenters. The van der Waals surface area contributed by atoms with E-state index >= 15 is 0 Å². The number of hydrogen-bond donors (Lipinski definition) is 1. The van der Waals surface area contributed by atoms with Crippen molar-refractivity contribution in [1.82, 2.24) is 5.32 Å². The maximum Gasteiger partial charge on any atom is 0.260 e. The highest BCUT2D eigenvalue weighted by atomic mass is 32.2. The van der Waals surface area contributed by atoms with E-state index in [0.717, 1.165) is 28.4 Å². The zero-order valence-corrected chi connectivity index (χ0v) is 17.9. The van der Waals surface area contributed by atoms with E-state index in [1.54, 1.807) is 6.92 Å². The molecule has 0 aromatic heterocycles. The summed E-state index contributed by atoms with van der Waals surface area (Å²) in [5.74, 6) is 2.94. The van der Waals surface area contributed by atoms with Crippen LogP contribution in [0.3, 0.4) is 0 Å². The summed E-state index contributed by atoms with van der Waals surface area (Å²) in [6.07, 6.45) is -0.508. The molecule has 0 fully saturated rings. The molecular weight excluding hydrogens is 354 g/mol. The molecule has 0 spiro atoms. The fraction of sp³-hybridized carbons (Fsp3) is 0.435. The zero-order chi connectivity index (χ0) is 19.8. The average Bonchev–Trinajstić information content (AvgIpc) is 2.62. The van der Waals surface area contributed by atoms with Gasteiger partial charge in [-0.2, -0.15) is 11.8 Å². The Hall–Kier alpha value is -1.94. The molecule has 2 aromatic carbocycles. The standard InChI is InChI=1S/C23H31NO2S/c1-16(2)21-11-8-18(4)14-22(21)26-19(5)23(25)24-12-13-27-15-20-9-6-17(3)7-10-20/h6-11,14,16,19H,12-13,15H2,1-5H3,(H,24,25). The van der Waals surface area contributed by atoms with Gasteiger partial charge in [-0.15, -0.1) is 0 Å². The molecule has 3 nitrogen and oxygen atoms in total. The van der Waals surface area contributed by atoms with Gasteiger partial charge in [0, 0.05) is 18.1 Å². The molecule has 1 atom stereocenters. The Labute approximate surface area is 167 Å². The fourth-order valence-electron chi connectivity index (χ4n) is 2.73. The highest BCUT2D eigenvalue weighted by Gasteiger charge is 2.17. The van der Waals surface area contributed by atoms with Crippen LogP contribution in [0.15, 0.2) is 42.5 Å². The molecule has 0 heterocycles. The number of thioether (sulfide) groups is 1. The van der Waals surface area contributed by atoms with Gasteiger partial charge in [0.15, 0.2) is 6.10 Å². The maximum atomic E-state index is 12.3. The third kappa shape index (κ3) is 6.94. The number of amides is 1. The predicted octanol–water partition coefficient (Wildman–Crippen LogP) is 5.24. The van der Waals surface area contributed by atoms with Crippen LogP contribution in [0.25, 0.3) is 0 Å². The first kappa shape index (κ1) is 21.4. The van der Waals surface area contributed by atoms with Crippen molar-refractivity contribution in [1.29, 1.82) is 0 Å². The van der Waals surface area contributed by atoms with Gasteiger partial charge in [0.2, 0.25) is 0 Å². The quantitative estimate of drug-likeness (QED) is 0.600. The predicted molar refractivity (Wildman–Crippen MR) is 116 cm³/mol. The second kappa shape index (κ2) is 10.4. The van der Waals surface area contributed by atoms with Gasteiger partial charge in [0.25, 0.3) is 5.91 Å². The number of hydrogen-bond acceptors (Lipinski definition) is 3. The minimum absolute atomic E-state index is 0.0675. The van der Waals surface area contributed by atoms with Crippen LogP contribution in [0.4, 0.5) is 0 Å². The molecule has 0 bridgehead atoms. The van der Waals surface area contributed by atoms with Gasteiger partial charge in [-0.3, -0.25) is 4.79 Å². The summed E-state index contributed by atoms with van der Waals surface area (Å²) in [5.41, 5.74) is 4.86. The minimum Gasteiger partial charge on any atom is -0.481 e. The molecule has 27 heavy (non-hydrogen) atoms. The van der Waals surface area contributed by atoms with Crippen molar-refractivity contribution in [3.63, 3.8) is 0 Å². The lowest BCUT2D eigenvalue weighted by atomic mass is 10.0. The smallest absolute Gasteiger partial charge is 0.260 e. The summed E-state index contributed by atoms with van der Waals surface area (Å²) in [5, 5.41) is 2.98. The lowest BCUT2D eigenvalue weighted by Gasteiger charge is -2.19. The molecule has 2 aromatic rings. The molecule has 1 amide bonds. The monoisotopic (exact) mass is 385 g/mol. The normalized spacial score (nSPS) is 12.1. The van der Waals surface area contributed by atoms with E-state index in [1.165, 1.54) is 11.1 Å². The Kier molecular flexibility index (Phi) is 8.23. The Morgan fingerprint density at radius 1 is 1.04 bits per heavy atom. The Balaban J connectivity index is 1.76. The fourth-order valence-corrected chi connectivity index (χ4v) is 3.55. The Morgan fingerprint density at radius 2 is 1.70 bits per heavy atom. The van der Waals surface area contributed by atoms with Crippen molar-refractivity contribution < 1.29 is 9.53 Å². The van der Waals surface area contributed by atoms with Gasteiger partial charge >= 0.3 is 0 Å². The highest BCUT2D eigenvalue weighted by molar-refractivity contribution is 7.98. The van der Waals surface area contributed by atoms with E-state index in [0.29, 0.717) is 12.5 Å². The van der Waals surface area contributed by atoms with Crippen LogP contribution in [0.1, 0.15) is 48.9 Å². The van der Waals surface area contributed by atoms with Crippen molar-refractivity contribution >= 4 is 17.7 Å². The molecule has 0 radical (unpaired) electrons. The topological polar surface area (TPSA) is 38.3 Å². The first-order chi connectivity index (χ1) is 12.9. The zero-order valence-electron chi connectivity index (χ0n) is 17.0. The van der Waals surface area contributed by atoms with Gasteiger partial charge in [-0.25, -0.2) is 0 Å². The number of carbonyl (C=O) groups is 1. The minimum atomic E-state index is -0.508. The first-order valence-corrected chi connectivity index (χ1v) is 10.7. The number of ether oxygens (including phenoxy) is 1. The van der Waals surface area contributed by atoms with Crippen LogP contribution >= 0.6 is 11.8 Å². The molecule has 1 N–H and O–H groups in total. The van der Waals surface area contributed by atoms with E-state index in [4.69, 9.17) is 4.74 Å². The molecule has 4 heteroatoms. The summed E-state index contributed by atoms with van der Waals surface area (Å²) >= 11 is 1.82. The van der Waals surface area contributed by atoms with Crippen molar-refractivity contribution in [2.45, 2.75) is 52.4 Å². The second-order valence-corrected chi connectivity index (χ2v) is 8.39. The van der Waals surface area contributed by atoms with Gasteiger partial charge in [0.05, 0.1) is 0 Å². The summed E-state index contributed by atoms with van der Waals surface area (Å²) in [4.78, 5) is 12.3. The summed E-state index contributed by atoms with van der Waals surface area (Å²) < 4.78 is 5.97. The molecule has 2 rings (SSSR count). The number of aryl methyl sites for hydroxylation is 2. The van der Waals surface area contributed by atoms with E-state index < -0.39 is 6.10 Å². The van der Waals surface area contributed by atoms with Crippen LogP contribution in [0.5, 0.6) is 5.75 Å². The molecule has 146 valence electrons. The van der Waals surface area contributed by atoms with Crippen LogP contribution in [0, 0.1) is 13.8 Å². The lowest BCUT2D eigenvalue weighted by molar-refractivity contribution is -0.127. The van der Waals surface area contributed by atoms with Crippen molar-refractivity contribution in [3.05, 3.63) is 64.7 Å². The molecule has 0 aliphatic heterocycles. The number of nitrogens with one attached hydrogen (secondary N) is 1. The largest absolute Gasteiger partial charge is 0.481 e. The average molecular weight is 386 g/mol. The van der Waals surface area contributed by atoms with Crippen molar-refractivity contribution in [2.75, 3.05) is 12.3 Å². The molecular formula is C23H31NO2S. The summed E-state index contributed by atoms with van der Waals surface area (Å²) in [7, 11) is 0. The number of rotatable bonds is 9. The Morgan fingerprint density at radius 3 is 2.37 bits per heavy atom. The van der Waals surface area contributed by atoms with Gasteiger partial charge in [-0.05, 0) is 49.4 Å². The maximum absolute atomic E-state index is 12.3. The Bertz CT molecular complexity index is 741. The highest BCUT2D eigenvalue weighted by Crippen LogP contribution is 2.28. The number of benzene rings is 2. The van der Waals surface area contributed by atoms with Crippen LogP contribution in [0.2, 0.25) is 0 Å². The summed E-state index contributed by atoms with van der Waals surface area (Å²) in [6.45, 7) is 10.8.